The third-order valence-corrected chi connectivity index (χ3v) is 5.48. The minimum absolute atomic E-state index is 0.114. The van der Waals surface area contributed by atoms with Crippen LogP contribution < -0.4 is 10.1 Å². The van der Waals surface area contributed by atoms with Crippen molar-refractivity contribution in [3.05, 3.63) is 18.2 Å². The van der Waals surface area contributed by atoms with Gasteiger partial charge in [-0.3, -0.25) is 0 Å². The molecule has 0 unspecified atom stereocenters. The zero-order chi connectivity index (χ0) is 17.0. The smallest absolute Gasteiger partial charge is 0.321 e. The van der Waals surface area contributed by atoms with E-state index in [-0.39, 0.29) is 10.9 Å². The minimum atomic E-state index is -3.57. The molecule has 0 spiro atoms. The van der Waals surface area contributed by atoms with Crippen molar-refractivity contribution >= 4 is 21.7 Å². The highest BCUT2D eigenvalue weighted by Crippen LogP contribution is 2.29. The highest BCUT2D eigenvalue weighted by molar-refractivity contribution is 7.89. The molecule has 0 bridgehead atoms. The summed E-state index contributed by atoms with van der Waals surface area (Å²) in [5, 5.41) is 2.77. The third-order valence-electron chi connectivity index (χ3n) is 3.66. The van der Waals surface area contributed by atoms with Crippen LogP contribution in [0.25, 0.3) is 0 Å². The number of ether oxygens (including phenoxy) is 1. The van der Waals surface area contributed by atoms with Gasteiger partial charge in [0.2, 0.25) is 10.0 Å². The zero-order valence-corrected chi connectivity index (χ0v) is 14.5. The second-order valence-electron chi connectivity index (χ2n) is 5.50. The first-order valence-electron chi connectivity index (χ1n) is 7.61. The highest BCUT2D eigenvalue weighted by atomic mass is 32.2. The molecule has 1 aromatic rings. The molecule has 1 aromatic carbocycles. The fourth-order valence-corrected chi connectivity index (χ4v) is 3.30. The Labute approximate surface area is 137 Å². The summed E-state index contributed by atoms with van der Waals surface area (Å²) in [6.07, 6.45) is 1.97. The van der Waals surface area contributed by atoms with Crippen molar-refractivity contribution in [1.29, 1.82) is 0 Å². The van der Waals surface area contributed by atoms with Crippen molar-refractivity contribution in [3.63, 3.8) is 0 Å². The van der Waals surface area contributed by atoms with E-state index in [4.69, 9.17) is 4.74 Å². The molecule has 1 saturated heterocycles. The molecule has 128 valence electrons. The number of hydrogen-bond donors (Lipinski definition) is 1. The number of sulfonamides is 1. The lowest BCUT2D eigenvalue weighted by molar-refractivity contribution is 0.222. The van der Waals surface area contributed by atoms with Gasteiger partial charge in [-0.1, -0.05) is 0 Å². The van der Waals surface area contributed by atoms with Crippen LogP contribution in [0.5, 0.6) is 5.75 Å². The highest BCUT2D eigenvalue weighted by Gasteiger charge is 2.22. The molecule has 2 rings (SSSR count). The Morgan fingerprint density at radius 2 is 1.96 bits per heavy atom. The van der Waals surface area contributed by atoms with E-state index in [9.17, 15) is 13.2 Å². The quantitative estimate of drug-likeness (QED) is 0.888. The van der Waals surface area contributed by atoms with E-state index >= 15 is 0 Å². The number of nitrogens with zero attached hydrogens (tertiary/aromatic N) is 2. The molecule has 0 aliphatic carbocycles. The van der Waals surface area contributed by atoms with Crippen LogP contribution in [-0.4, -0.2) is 57.4 Å². The summed E-state index contributed by atoms with van der Waals surface area (Å²) in [6.45, 7) is 3.68. The molecule has 1 heterocycles. The Morgan fingerprint density at radius 1 is 1.30 bits per heavy atom. The first-order chi connectivity index (χ1) is 10.9. The number of urea groups is 1. The van der Waals surface area contributed by atoms with Gasteiger partial charge in [0.15, 0.2) is 0 Å². The van der Waals surface area contributed by atoms with E-state index in [1.54, 1.807) is 11.0 Å². The average molecular weight is 341 g/mol. The van der Waals surface area contributed by atoms with Gasteiger partial charge in [0.25, 0.3) is 0 Å². The summed E-state index contributed by atoms with van der Waals surface area (Å²) < 4.78 is 31.1. The Morgan fingerprint density at radius 3 is 2.52 bits per heavy atom. The molecule has 0 aromatic heterocycles. The van der Waals surface area contributed by atoms with Gasteiger partial charge in [0.05, 0.1) is 17.2 Å². The number of likely N-dealkylation sites (tertiary alicyclic amines) is 1. The summed E-state index contributed by atoms with van der Waals surface area (Å²) in [5.41, 5.74) is 0.367. The van der Waals surface area contributed by atoms with Crippen molar-refractivity contribution < 1.29 is 17.9 Å². The summed E-state index contributed by atoms with van der Waals surface area (Å²) in [7, 11) is -0.640. The number of rotatable bonds is 5. The Hall–Kier alpha value is -1.80. The molecule has 0 atom stereocenters. The van der Waals surface area contributed by atoms with Gasteiger partial charge >= 0.3 is 6.03 Å². The standard InChI is InChI=1S/C15H23N3O4S/c1-4-22-14-8-7-12(23(20,21)17(2)3)11-13(14)16-15(19)18-9-5-6-10-18/h7-8,11H,4-6,9-10H2,1-3H3,(H,16,19). The molecule has 0 radical (unpaired) electrons. The van der Waals surface area contributed by atoms with Crippen molar-refractivity contribution in [2.24, 2.45) is 0 Å². The van der Waals surface area contributed by atoms with Crippen LogP contribution in [0.2, 0.25) is 0 Å². The lowest BCUT2D eigenvalue weighted by Crippen LogP contribution is -2.32. The first kappa shape index (κ1) is 17.6. The van der Waals surface area contributed by atoms with Gasteiger partial charge in [-0.15, -0.1) is 0 Å². The summed E-state index contributed by atoms with van der Waals surface area (Å²) in [6, 6.07) is 4.25. The topological polar surface area (TPSA) is 79.0 Å². The Balaban J connectivity index is 2.32. The van der Waals surface area contributed by atoms with Gasteiger partial charge in [-0.05, 0) is 38.0 Å². The molecule has 1 fully saturated rings. The molecule has 23 heavy (non-hydrogen) atoms. The van der Waals surface area contributed by atoms with Gasteiger partial charge in [-0.2, -0.15) is 0 Å². The summed E-state index contributed by atoms with van der Waals surface area (Å²) in [5.74, 6) is 0.456. The zero-order valence-electron chi connectivity index (χ0n) is 13.7. The summed E-state index contributed by atoms with van der Waals surface area (Å²) in [4.78, 5) is 14.1. The van der Waals surface area contributed by atoms with Gasteiger partial charge < -0.3 is 15.0 Å². The predicted octanol–water partition coefficient (Wildman–Crippen LogP) is 1.96. The second kappa shape index (κ2) is 7.18. The van der Waals surface area contributed by atoms with Crippen LogP contribution in [0, 0.1) is 0 Å². The second-order valence-corrected chi connectivity index (χ2v) is 7.65. The fraction of sp³-hybridized carbons (Fsp3) is 0.533. The van der Waals surface area contributed by atoms with Gasteiger partial charge in [0.1, 0.15) is 5.75 Å². The van der Waals surface area contributed by atoms with E-state index < -0.39 is 10.0 Å². The van der Waals surface area contributed by atoms with Crippen molar-refractivity contribution in [2.75, 3.05) is 39.1 Å². The number of carbonyl (C=O) groups is 1. The molecular formula is C15H23N3O4S. The molecule has 1 aliphatic heterocycles. The molecule has 1 aliphatic rings. The van der Waals surface area contributed by atoms with Gasteiger partial charge in [0, 0.05) is 27.2 Å². The van der Waals surface area contributed by atoms with Crippen molar-refractivity contribution in [1.82, 2.24) is 9.21 Å². The van der Waals surface area contributed by atoms with E-state index in [0.717, 1.165) is 17.1 Å². The number of anilines is 1. The van der Waals surface area contributed by atoms with E-state index in [0.29, 0.717) is 31.1 Å². The molecule has 0 saturated carbocycles. The van der Waals surface area contributed by atoms with E-state index in [2.05, 4.69) is 5.32 Å². The van der Waals surface area contributed by atoms with Crippen LogP contribution >= 0.6 is 0 Å². The maximum absolute atomic E-state index is 12.3. The Bertz CT molecular complexity index is 667. The summed E-state index contributed by atoms with van der Waals surface area (Å²) >= 11 is 0. The maximum atomic E-state index is 12.3. The van der Waals surface area contributed by atoms with Crippen LogP contribution in [-0.2, 0) is 10.0 Å². The number of carbonyl (C=O) groups excluding carboxylic acids is 1. The van der Waals surface area contributed by atoms with Crippen LogP contribution in [0.1, 0.15) is 19.8 Å². The number of benzene rings is 1. The molecule has 1 N–H and O–H groups in total. The fourth-order valence-electron chi connectivity index (χ4n) is 2.37. The van der Waals surface area contributed by atoms with E-state index in [1.165, 1.54) is 26.2 Å². The van der Waals surface area contributed by atoms with Gasteiger partial charge in [-0.25, -0.2) is 17.5 Å². The molecule has 2 amide bonds. The average Bonchev–Trinajstić information content (AvgIpc) is 3.03. The Kier molecular flexibility index (Phi) is 5.48. The molecule has 7 nitrogen and oxygen atoms in total. The van der Waals surface area contributed by atoms with Crippen molar-refractivity contribution in [3.8, 4) is 5.75 Å². The van der Waals surface area contributed by atoms with E-state index in [1.807, 2.05) is 6.92 Å². The molecular weight excluding hydrogens is 318 g/mol. The van der Waals surface area contributed by atoms with Crippen LogP contribution in [0.15, 0.2) is 23.1 Å². The number of amides is 2. The number of hydrogen-bond acceptors (Lipinski definition) is 4. The minimum Gasteiger partial charge on any atom is -0.492 e. The van der Waals surface area contributed by atoms with Crippen molar-refractivity contribution in [2.45, 2.75) is 24.7 Å². The largest absolute Gasteiger partial charge is 0.492 e. The SMILES string of the molecule is CCOc1ccc(S(=O)(=O)N(C)C)cc1NC(=O)N1CCCC1. The normalized spacial score (nSPS) is 15.0. The number of nitrogens with one attached hydrogen (secondary N) is 1. The maximum Gasteiger partial charge on any atom is 0.321 e. The third kappa shape index (κ3) is 3.94. The first-order valence-corrected chi connectivity index (χ1v) is 9.05. The van der Waals surface area contributed by atoms with Crippen LogP contribution in [0.4, 0.5) is 10.5 Å². The molecule has 8 heteroatoms. The monoisotopic (exact) mass is 341 g/mol. The predicted molar refractivity (Wildman–Crippen MR) is 88.3 cm³/mol. The lowest BCUT2D eigenvalue weighted by atomic mass is 10.3. The van der Waals surface area contributed by atoms with Crippen LogP contribution in [0.3, 0.4) is 0 Å². The lowest BCUT2D eigenvalue weighted by Gasteiger charge is -2.19.